The van der Waals surface area contributed by atoms with Gasteiger partial charge in [-0.1, -0.05) is 26.0 Å². The molecule has 0 N–H and O–H groups in total. The number of hydrogen-bond acceptors (Lipinski definition) is 1. The van der Waals surface area contributed by atoms with Gasteiger partial charge in [-0.3, -0.25) is 0 Å². The second kappa shape index (κ2) is 4.50. The highest BCUT2D eigenvalue weighted by molar-refractivity contribution is 5.10. The van der Waals surface area contributed by atoms with Crippen LogP contribution < -0.4 is 0 Å². The molecule has 0 radical (unpaired) electrons. The number of hydrogen-bond donors (Lipinski definition) is 0. The molecule has 0 fully saturated rings. The summed E-state index contributed by atoms with van der Waals surface area (Å²) in [5.74, 6) is 0.621. The molecule has 1 atom stereocenters. The van der Waals surface area contributed by atoms with Gasteiger partial charge in [0.25, 0.3) is 0 Å². The molecule has 1 nitrogen and oxygen atoms in total. The smallest absolute Gasteiger partial charge is 0.0307 e. The fraction of sp³-hybridized carbons (Fsp3) is 0.667. The normalized spacial score (nSPS) is 24.2. The van der Waals surface area contributed by atoms with E-state index in [0.29, 0.717) is 12.0 Å². The number of rotatable bonds is 2. The molecule has 1 heterocycles. The van der Waals surface area contributed by atoms with E-state index in [1.165, 1.54) is 18.5 Å². The molecule has 0 amide bonds. The summed E-state index contributed by atoms with van der Waals surface area (Å²) < 4.78 is 0. The third-order valence-electron chi connectivity index (χ3n) is 2.68. The van der Waals surface area contributed by atoms with Crippen molar-refractivity contribution in [1.82, 2.24) is 4.90 Å². The highest BCUT2D eigenvalue weighted by Crippen LogP contribution is 2.24. The first-order chi connectivity index (χ1) is 6.16. The maximum atomic E-state index is 2.41. The van der Waals surface area contributed by atoms with Crippen LogP contribution in [-0.4, -0.2) is 10.9 Å². The number of allylic oxidation sites excluding steroid dienone is 3. The molecule has 0 aromatic rings. The quantitative estimate of drug-likeness (QED) is 0.626. The van der Waals surface area contributed by atoms with Gasteiger partial charge in [0, 0.05) is 17.9 Å². The Balaban J connectivity index is 2.78. The second-order valence-electron chi connectivity index (χ2n) is 4.09. The van der Waals surface area contributed by atoms with Gasteiger partial charge >= 0.3 is 0 Å². The third kappa shape index (κ3) is 2.36. The van der Waals surface area contributed by atoms with Gasteiger partial charge in [0.05, 0.1) is 0 Å². The lowest BCUT2D eigenvalue weighted by molar-refractivity contribution is 0.300. The van der Waals surface area contributed by atoms with Crippen LogP contribution in [0.15, 0.2) is 24.0 Å². The van der Waals surface area contributed by atoms with Crippen molar-refractivity contribution in [2.75, 3.05) is 0 Å². The van der Waals surface area contributed by atoms with Gasteiger partial charge in [-0.2, -0.15) is 0 Å². The lowest BCUT2D eigenvalue weighted by Gasteiger charge is -2.34. The summed E-state index contributed by atoms with van der Waals surface area (Å²) in [4.78, 5) is 2.41. The van der Waals surface area contributed by atoms with Gasteiger partial charge in [-0.25, -0.2) is 0 Å². The summed E-state index contributed by atoms with van der Waals surface area (Å²) in [6, 6.07) is 0.665. The fourth-order valence-corrected chi connectivity index (χ4v) is 1.93. The minimum atomic E-state index is 0.621. The first-order valence-corrected chi connectivity index (χ1v) is 5.28. The van der Waals surface area contributed by atoms with E-state index in [1.807, 2.05) is 0 Å². The third-order valence-corrected chi connectivity index (χ3v) is 2.68. The summed E-state index contributed by atoms with van der Waals surface area (Å²) in [6.07, 6.45) is 9.25. The summed E-state index contributed by atoms with van der Waals surface area (Å²) in [5, 5.41) is 0. The Morgan fingerprint density at radius 1 is 1.54 bits per heavy atom. The molecule has 0 spiro atoms. The predicted molar refractivity (Wildman–Crippen MR) is 58.3 cm³/mol. The molecule has 0 aliphatic carbocycles. The van der Waals surface area contributed by atoms with Crippen molar-refractivity contribution in [3.63, 3.8) is 0 Å². The SMILES string of the molecule is C/C=C(/C(C)C)N1C=CCCC1C. The highest BCUT2D eigenvalue weighted by Gasteiger charge is 2.17. The van der Waals surface area contributed by atoms with Gasteiger partial charge < -0.3 is 4.90 Å². The van der Waals surface area contributed by atoms with Crippen molar-refractivity contribution in [1.29, 1.82) is 0 Å². The van der Waals surface area contributed by atoms with Crippen molar-refractivity contribution < 1.29 is 0 Å². The first kappa shape index (κ1) is 10.4. The highest BCUT2D eigenvalue weighted by atomic mass is 15.2. The molecule has 0 aromatic heterocycles. The van der Waals surface area contributed by atoms with Crippen LogP contribution in [0.25, 0.3) is 0 Å². The molecule has 74 valence electrons. The molecule has 0 saturated carbocycles. The summed E-state index contributed by atoms with van der Waals surface area (Å²) in [7, 11) is 0. The zero-order chi connectivity index (χ0) is 9.84. The van der Waals surface area contributed by atoms with Crippen LogP contribution in [0.3, 0.4) is 0 Å². The maximum Gasteiger partial charge on any atom is 0.0307 e. The van der Waals surface area contributed by atoms with Gasteiger partial charge in [0.15, 0.2) is 0 Å². The Hall–Kier alpha value is -0.720. The van der Waals surface area contributed by atoms with E-state index in [0.717, 1.165) is 0 Å². The van der Waals surface area contributed by atoms with E-state index < -0.39 is 0 Å². The zero-order valence-corrected chi connectivity index (χ0v) is 9.25. The van der Waals surface area contributed by atoms with E-state index in [4.69, 9.17) is 0 Å². The molecule has 0 bridgehead atoms. The zero-order valence-electron chi connectivity index (χ0n) is 9.25. The molecule has 1 unspecified atom stereocenters. The average Bonchev–Trinajstić information content (AvgIpc) is 2.09. The van der Waals surface area contributed by atoms with E-state index >= 15 is 0 Å². The van der Waals surface area contributed by atoms with Gasteiger partial charge in [0.2, 0.25) is 0 Å². The van der Waals surface area contributed by atoms with Gasteiger partial charge in [-0.05, 0) is 32.6 Å². The molecule has 1 rings (SSSR count). The summed E-state index contributed by atoms with van der Waals surface area (Å²) >= 11 is 0. The Morgan fingerprint density at radius 2 is 2.23 bits per heavy atom. The Kier molecular flexibility index (Phi) is 3.58. The van der Waals surface area contributed by atoms with Crippen molar-refractivity contribution in [3.05, 3.63) is 24.0 Å². The largest absolute Gasteiger partial charge is 0.349 e. The molecule has 13 heavy (non-hydrogen) atoms. The molecule has 1 heteroatoms. The lowest BCUT2D eigenvalue weighted by Crippen LogP contribution is -2.31. The Bertz CT molecular complexity index is 213. The van der Waals surface area contributed by atoms with Crippen LogP contribution in [0, 0.1) is 5.92 Å². The Morgan fingerprint density at radius 3 is 2.69 bits per heavy atom. The number of nitrogens with zero attached hydrogens (tertiary/aromatic N) is 1. The van der Waals surface area contributed by atoms with E-state index in [2.05, 4.69) is 50.9 Å². The standard InChI is InChI=1S/C12H21N/c1-5-12(10(2)3)13-9-7-6-8-11(13)4/h5,7,9-11H,6,8H2,1-4H3/b12-5-. The topological polar surface area (TPSA) is 3.24 Å². The monoisotopic (exact) mass is 179 g/mol. The summed E-state index contributed by atoms with van der Waals surface area (Å²) in [5.41, 5.74) is 1.45. The van der Waals surface area contributed by atoms with Gasteiger partial charge in [0.1, 0.15) is 0 Å². The molecular weight excluding hydrogens is 158 g/mol. The summed E-state index contributed by atoms with van der Waals surface area (Å²) in [6.45, 7) is 8.94. The Labute approximate surface area is 82.1 Å². The van der Waals surface area contributed by atoms with Crippen LogP contribution in [0.5, 0.6) is 0 Å². The molecule has 0 aromatic carbocycles. The van der Waals surface area contributed by atoms with E-state index in [-0.39, 0.29) is 0 Å². The lowest BCUT2D eigenvalue weighted by atomic mass is 10.0. The van der Waals surface area contributed by atoms with Crippen molar-refractivity contribution >= 4 is 0 Å². The second-order valence-corrected chi connectivity index (χ2v) is 4.09. The van der Waals surface area contributed by atoms with Crippen LogP contribution in [0.2, 0.25) is 0 Å². The van der Waals surface area contributed by atoms with Gasteiger partial charge in [-0.15, -0.1) is 0 Å². The van der Waals surface area contributed by atoms with Crippen molar-refractivity contribution in [2.45, 2.75) is 46.6 Å². The minimum Gasteiger partial charge on any atom is -0.349 e. The van der Waals surface area contributed by atoms with Crippen LogP contribution in [0.4, 0.5) is 0 Å². The fourth-order valence-electron chi connectivity index (χ4n) is 1.93. The van der Waals surface area contributed by atoms with E-state index in [1.54, 1.807) is 0 Å². The maximum absolute atomic E-state index is 2.41. The average molecular weight is 179 g/mol. The van der Waals surface area contributed by atoms with Crippen molar-refractivity contribution in [3.8, 4) is 0 Å². The molecule has 0 saturated heterocycles. The van der Waals surface area contributed by atoms with Crippen LogP contribution >= 0.6 is 0 Å². The molecule has 1 aliphatic heterocycles. The minimum absolute atomic E-state index is 0.621. The van der Waals surface area contributed by atoms with Crippen molar-refractivity contribution in [2.24, 2.45) is 5.92 Å². The van der Waals surface area contributed by atoms with E-state index in [9.17, 15) is 0 Å². The molecule has 1 aliphatic rings. The van der Waals surface area contributed by atoms with Crippen LogP contribution in [0.1, 0.15) is 40.5 Å². The molecular formula is C12H21N. The first-order valence-electron chi connectivity index (χ1n) is 5.28. The van der Waals surface area contributed by atoms with Crippen LogP contribution in [-0.2, 0) is 0 Å². The predicted octanol–water partition coefficient (Wildman–Crippen LogP) is 3.54.